The summed E-state index contributed by atoms with van der Waals surface area (Å²) in [6.45, 7) is 6.63. The number of piperidine rings is 1. The van der Waals surface area contributed by atoms with Gasteiger partial charge in [0.25, 0.3) is 11.8 Å². The van der Waals surface area contributed by atoms with Gasteiger partial charge in [0.1, 0.15) is 6.17 Å². The highest BCUT2D eigenvalue weighted by Crippen LogP contribution is 2.34. The number of hydrogen-bond donors (Lipinski definition) is 2. The minimum absolute atomic E-state index is 0.0439. The van der Waals surface area contributed by atoms with Crippen molar-refractivity contribution in [2.24, 2.45) is 0 Å². The number of likely N-dealkylation sites (tertiary alicyclic amines) is 1. The molecule has 1 atom stereocenters. The van der Waals surface area contributed by atoms with Gasteiger partial charge in [0.15, 0.2) is 0 Å². The van der Waals surface area contributed by atoms with Gasteiger partial charge in [-0.05, 0) is 62.7 Å². The number of hydrogen-bond acceptors (Lipinski definition) is 4. The number of carbonyl (C=O) groups is 2. The van der Waals surface area contributed by atoms with Crippen LogP contribution in [0.1, 0.15) is 65.1 Å². The van der Waals surface area contributed by atoms with Crippen molar-refractivity contribution in [1.29, 1.82) is 0 Å². The van der Waals surface area contributed by atoms with E-state index in [1.54, 1.807) is 0 Å². The van der Waals surface area contributed by atoms with E-state index in [-0.39, 0.29) is 18.0 Å². The molecule has 2 heterocycles. The fourth-order valence-electron chi connectivity index (χ4n) is 4.49. The molecular formula is C25H32N4O2. The Morgan fingerprint density at radius 3 is 2.48 bits per heavy atom. The first-order valence-electron chi connectivity index (χ1n) is 11.4. The van der Waals surface area contributed by atoms with Gasteiger partial charge in [-0.15, -0.1) is 0 Å². The quantitative estimate of drug-likeness (QED) is 0.680. The van der Waals surface area contributed by atoms with Gasteiger partial charge < -0.3 is 20.4 Å². The predicted molar refractivity (Wildman–Crippen MR) is 123 cm³/mol. The first kappa shape index (κ1) is 21.4. The molecule has 0 bridgehead atoms. The van der Waals surface area contributed by atoms with E-state index in [4.69, 9.17) is 0 Å². The lowest BCUT2D eigenvalue weighted by Gasteiger charge is -2.27. The molecule has 2 aliphatic rings. The molecule has 0 radical (unpaired) electrons. The number of rotatable bonds is 8. The van der Waals surface area contributed by atoms with Crippen molar-refractivity contribution in [3.8, 4) is 0 Å². The highest BCUT2D eigenvalue weighted by molar-refractivity contribution is 5.99. The molecule has 0 spiro atoms. The number of carbonyl (C=O) groups excluding carboxylic acids is 2. The highest BCUT2D eigenvalue weighted by atomic mass is 16.2. The largest absolute Gasteiger partial charge is 0.361 e. The Balaban J connectivity index is 1.36. The third kappa shape index (κ3) is 4.90. The van der Waals surface area contributed by atoms with Crippen LogP contribution in [0.3, 0.4) is 0 Å². The molecule has 2 N–H and O–H groups in total. The second kappa shape index (κ2) is 9.96. The van der Waals surface area contributed by atoms with Gasteiger partial charge in [-0.2, -0.15) is 0 Å². The number of nitrogens with one attached hydrogen (secondary N) is 2. The first-order chi connectivity index (χ1) is 15.2. The second-order valence-electron chi connectivity index (χ2n) is 8.37. The predicted octanol–water partition coefficient (Wildman–Crippen LogP) is 3.88. The van der Waals surface area contributed by atoms with E-state index in [2.05, 4.69) is 22.5 Å². The molecule has 2 aromatic carbocycles. The van der Waals surface area contributed by atoms with Gasteiger partial charge in [-0.1, -0.05) is 31.5 Å². The van der Waals surface area contributed by atoms with Crippen molar-refractivity contribution in [2.45, 2.75) is 38.8 Å². The fourth-order valence-corrected chi connectivity index (χ4v) is 4.49. The molecule has 6 heteroatoms. The summed E-state index contributed by atoms with van der Waals surface area (Å²) in [4.78, 5) is 29.6. The van der Waals surface area contributed by atoms with Crippen molar-refractivity contribution in [3.63, 3.8) is 0 Å². The van der Waals surface area contributed by atoms with E-state index in [9.17, 15) is 9.59 Å². The zero-order chi connectivity index (χ0) is 21.6. The standard InChI is InChI=1S/C25H32N4O2/c1-2-15-29-23(21-8-4-5-9-22(21)25(29)31)27-20-12-10-19(11-13-20)24(30)26-14-18-28-16-6-3-7-17-28/h4-5,8-13,23,27H,2-3,6-7,14-18H2,1H3,(H,26,30)/t23-/m0/s1. The number of fused-ring (bicyclic) bond motifs is 1. The fraction of sp³-hybridized carbons (Fsp3) is 0.440. The lowest BCUT2D eigenvalue weighted by molar-refractivity contribution is 0.0743. The number of amides is 2. The molecule has 2 amide bonds. The van der Waals surface area contributed by atoms with E-state index in [1.165, 1.54) is 19.3 Å². The normalized spacial score (nSPS) is 18.7. The maximum atomic E-state index is 12.8. The zero-order valence-corrected chi connectivity index (χ0v) is 18.3. The van der Waals surface area contributed by atoms with Crippen LogP contribution in [-0.2, 0) is 0 Å². The van der Waals surface area contributed by atoms with Crippen LogP contribution in [0, 0.1) is 0 Å². The second-order valence-corrected chi connectivity index (χ2v) is 8.37. The Kier molecular flexibility index (Phi) is 6.87. The molecule has 31 heavy (non-hydrogen) atoms. The van der Waals surface area contributed by atoms with Crippen LogP contribution in [0.4, 0.5) is 5.69 Å². The third-order valence-electron chi connectivity index (χ3n) is 6.14. The lowest BCUT2D eigenvalue weighted by atomic mass is 10.1. The van der Waals surface area contributed by atoms with Crippen LogP contribution < -0.4 is 10.6 Å². The van der Waals surface area contributed by atoms with Crippen LogP contribution >= 0.6 is 0 Å². The molecule has 6 nitrogen and oxygen atoms in total. The van der Waals surface area contributed by atoms with Gasteiger partial charge >= 0.3 is 0 Å². The Hall–Kier alpha value is -2.86. The van der Waals surface area contributed by atoms with Gasteiger partial charge in [-0.25, -0.2) is 0 Å². The molecule has 2 aromatic rings. The Labute approximate surface area is 184 Å². The topological polar surface area (TPSA) is 64.7 Å². The van der Waals surface area contributed by atoms with E-state index in [0.717, 1.165) is 42.9 Å². The molecule has 0 aliphatic carbocycles. The minimum atomic E-state index is -0.187. The number of anilines is 1. The summed E-state index contributed by atoms with van der Waals surface area (Å²) < 4.78 is 0. The molecule has 1 fully saturated rings. The molecule has 0 aromatic heterocycles. The Morgan fingerprint density at radius 1 is 1.00 bits per heavy atom. The van der Waals surface area contributed by atoms with E-state index < -0.39 is 0 Å². The average molecular weight is 421 g/mol. The molecule has 0 saturated carbocycles. The first-order valence-corrected chi connectivity index (χ1v) is 11.4. The molecular weight excluding hydrogens is 388 g/mol. The van der Waals surface area contributed by atoms with Crippen molar-refractivity contribution in [3.05, 3.63) is 65.2 Å². The van der Waals surface area contributed by atoms with Crippen LogP contribution in [0.25, 0.3) is 0 Å². The maximum absolute atomic E-state index is 12.8. The van der Waals surface area contributed by atoms with Crippen molar-refractivity contribution >= 4 is 17.5 Å². The van der Waals surface area contributed by atoms with Crippen LogP contribution in [0.2, 0.25) is 0 Å². The van der Waals surface area contributed by atoms with Crippen molar-refractivity contribution in [1.82, 2.24) is 15.1 Å². The molecule has 4 rings (SSSR count). The van der Waals surface area contributed by atoms with Crippen LogP contribution in [0.5, 0.6) is 0 Å². The summed E-state index contributed by atoms with van der Waals surface area (Å²) in [5, 5.41) is 6.51. The van der Waals surface area contributed by atoms with Crippen molar-refractivity contribution < 1.29 is 9.59 Å². The average Bonchev–Trinajstić information content (AvgIpc) is 3.07. The summed E-state index contributed by atoms with van der Waals surface area (Å²) in [6.07, 6.45) is 4.55. The van der Waals surface area contributed by atoms with Crippen molar-refractivity contribution in [2.75, 3.05) is 38.0 Å². The monoisotopic (exact) mass is 420 g/mol. The molecule has 164 valence electrons. The molecule has 2 aliphatic heterocycles. The summed E-state index contributed by atoms with van der Waals surface area (Å²) in [5.74, 6) is 0.0252. The maximum Gasteiger partial charge on any atom is 0.256 e. The summed E-state index contributed by atoms with van der Waals surface area (Å²) in [7, 11) is 0. The smallest absolute Gasteiger partial charge is 0.256 e. The number of benzene rings is 2. The summed E-state index contributed by atoms with van der Waals surface area (Å²) in [5.41, 5.74) is 3.30. The Bertz CT molecular complexity index is 906. The van der Waals surface area contributed by atoms with E-state index in [0.29, 0.717) is 18.7 Å². The molecule has 1 saturated heterocycles. The van der Waals surface area contributed by atoms with Gasteiger partial charge in [0.2, 0.25) is 0 Å². The highest BCUT2D eigenvalue weighted by Gasteiger charge is 2.35. The van der Waals surface area contributed by atoms with E-state index >= 15 is 0 Å². The third-order valence-corrected chi connectivity index (χ3v) is 6.14. The van der Waals surface area contributed by atoms with Gasteiger partial charge in [-0.3, -0.25) is 9.59 Å². The Morgan fingerprint density at radius 2 is 1.74 bits per heavy atom. The van der Waals surface area contributed by atoms with Crippen LogP contribution in [-0.4, -0.2) is 54.3 Å². The minimum Gasteiger partial charge on any atom is -0.361 e. The SMILES string of the molecule is CCCN1C(=O)c2ccccc2[C@H]1Nc1ccc(C(=O)NCCN2CCCCC2)cc1. The van der Waals surface area contributed by atoms with E-state index in [1.807, 2.05) is 53.4 Å². The molecule has 0 unspecified atom stereocenters. The van der Waals surface area contributed by atoms with Gasteiger partial charge in [0.05, 0.1) is 0 Å². The lowest BCUT2D eigenvalue weighted by Crippen LogP contribution is -2.37. The van der Waals surface area contributed by atoms with Gasteiger partial charge in [0, 0.05) is 42.0 Å². The zero-order valence-electron chi connectivity index (χ0n) is 18.3. The number of nitrogens with zero attached hydrogens (tertiary/aromatic N) is 2. The summed E-state index contributed by atoms with van der Waals surface area (Å²) >= 11 is 0. The van der Waals surface area contributed by atoms with Crippen LogP contribution in [0.15, 0.2) is 48.5 Å². The summed E-state index contributed by atoms with van der Waals surface area (Å²) in [6, 6.07) is 15.3.